The number of anilines is 1. The molecule has 4 nitrogen and oxygen atoms in total. The van der Waals surface area contributed by atoms with Gasteiger partial charge >= 0.3 is 5.97 Å². The number of hydrogen-bond acceptors (Lipinski definition) is 3. The van der Waals surface area contributed by atoms with Crippen LogP contribution in [0.4, 0.5) is 14.5 Å². The highest BCUT2D eigenvalue weighted by Crippen LogP contribution is 2.24. The lowest BCUT2D eigenvalue weighted by Crippen LogP contribution is -2.10. The summed E-state index contributed by atoms with van der Waals surface area (Å²) in [5.74, 6) is -3.40. The van der Waals surface area contributed by atoms with Crippen molar-refractivity contribution in [3.63, 3.8) is 0 Å². The molecule has 0 saturated heterocycles. The predicted octanol–water partition coefficient (Wildman–Crippen LogP) is 3.43. The Labute approximate surface area is 107 Å². The van der Waals surface area contributed by atoms with E-state index in [-0.39, 0.29) is 11.7 Å². The zero-order valence-electron chi connectivity index (χ0n) is 9.98. The summed E-state index contributed by atoms with van der Waals surface area (Å²) in [5, 5.41) is 11.6. The van der Waals surface area contributed by atoms with Gasteiger partial charge in [0.2, 0.25) is 0 Å². The molecule has 2 N–H and O–H groups in total. The Hall–Kier alpha value is -2.37. The number of rotatable bonds is 4. The highest BCUT2D eigenvalue weighted by atomic mass is 19.1. The average Bonchev–Trinajstić information content (AvgIpc) is 2.85. The van der Waals surface area contributed by atoms with Gasteiger partial charge in [0.1, 0.15) is 11.6 Å². The summed E-state index contributed by atoms with van der Waals surface area (Å²) in [4.78, 5) is 10.8. The maximum atomic E-state index is 13.6. The number of aromatic carboxylic acids is 1. The van der Waals surface area contributed by atoms with E-state index in [2.05, 4.69) is 5.32 Å². The zero-order valence-corrected chi connectivity index (χ0v) is 9.98. The molecule has 0 fully saturated rings. The smallest absolute Gasteiger partial charge is 0.338 e. The maximum absolute atomic E-state index is 13.6. The standard InChI is InChI=1S/C13H11F2NO3/c1-7(8-2-3-19-6-8)16-12-4-9(13(17)18)10(14)5-11(12)15/h2-7,16H,1H3,(H,17,18). The van der Waals surface area contributed by atoms with Gasteiger partial charge in [0.25, 0.3) is 0 Å². The van der Waals surface area contributed by atoms with Gasteiger partial charge in [-0.05, 0) is 19.1 Å². The molecular weight excluding hydrogens is 256 g/mol. The molecule has 1 heterocycles. The lowest BCUT2D eigenvalue weighted by atomic mass is 10.1. The van der Waals surface area contributed by atoms with E-state index in [1.165, 1.54) is 12.5 Å². The van der Waals surface area contributed by atoms with Gasteiger partial charge in [-0.15, -0.1) is 0 Å². The first-order chi connectivity index (χ1) is 8.99. The number of carboxylic acids is 1. The lowest BCUT2D eigenvalue weighted by molar-refractivity contribution is 0.0692. The molecule has 19 heavy (non-hydrogen) atoms. The Morgan fingerprint density at radius 3 is 2.68 bits per heavy atom. The van der Waals surface area contributed by atoms with E-state index in [1.807, 2.05) is 0 Å². The first kappa shape index (κ1) is 13.1. The Kier molecular flexibility index (Phi) is 3.50. The minimum Gasteiger partial charge on any atom is -0.478 e. The highest BCUT2D eigenvalue weighted by molar-refractivity contribution is 5.89. The number of halogens is 2. The molecule has 1 unspecified atom stereocenters. The Balaban J connectivity index is 2.30. The van der Waals surface area contributed by atoms with Gasteiger partial charge in [0.15, 0.2) is 0 Å². The molecule has 1 atom stereocenters. The molecule has 0 aliphatic carbocycles. The van der Waals surface area contributed by atoms with Crippen LogP contribution in [0.1, 0.15) is 28.9 Å². The van der Waals surface area contributed by atoms with Crippen molar-refractivity contribution in [2.24, 2.45) is 0 Å². The van der Waals surface area contributed by atoms with E-state index in [4.69, 9.17) is 9.52 Å². The van der Waals surface area contributed by atoms with Crippen LogP contribution in [0.25, 0.3) is 0 Å². The predicted molar refractivity (Wildman–Crippen MR) is 64.1 cm³/mol. The minimum absolute atomic E-state index is 0.0764. The van der Waals surface area contributed by atoms with E-state index in [1.54, 1.807) is 13.0 Å². The van der Waals surface area contributed by atoms with Crippen LogP contribution in [-0.4, -0.2) is 11.1 Å². The fourth-order valence-electron chi connectivity index (χ4n) is 1.66. The average molecular weight is 267 g/mol. The number of nitrogens with one attached hydrogen (secondary N) is 1. The molecule has 2 aromatic rings. The number of furan rings is 1. The van der Waals surface area contributed by atoms with Gasteiger partial charge in [0.05, 0.1) is 29.8 Å². The molecule has 6 heteroatoms. The van der Waals surface area contributed by atoms with Crippen LogP contribution in [0, 0.1) is 11.6 Å². The van der Waals surface area contributed by atoms with Gasteiger partial charge in [0, 0.05) is 11.6 Å². The second kappa shape index (κ2) is 5.09. The largest absolute Gasteiger partial charge is 0.478 e. The molecule has 0 aliphatic heterocycles. The molecule has 2 rings (SSSR count). The van der Waals surface area contributed by atoms with Crippen LogP contribution in [0.3, 0.4) is 0 Å². The first-order valence-corrected chi connectivity index (χ1v) is 5.50. The van der Waals surface area contributed by atoms with Crippen LogP contribution < -0.4 is 5.32 Å². The van der Waals surface area contributed by atoms with Crippen molar-refractivity contribution in [3.05, 3.63) is 53.5 Å². The SMILES string of the molecule is CC(Nc1cc(C(=O)O)c(F)cc1F)c1ccoc1. The monoisotopic (exact) mass is 267 g/mol. The van der Waals surface area contributed by atoms with Crippen molar-refractivity contribution < 1.29 is 23.1 Å². The first-order valence-electron chi connectivity index (χ1n) is 5.50. The van der Waals surface area contributed by atoms with Gasteiger partial charge < -0.3 is 14.8 Å². The Morgan fingerprint density at radius 1 is 1.37 bits per heavy atom. The molecule has 0 radical (unpaired) electrons. The lowest BCUT2D eigenvalue weighted by Gasteiger charge is -2.15. The second-order valence-electron chi connectivity index (χ2n) is 4.04. The van der Waals surface area contributed by atoms with Crippen LogP contribution in [0.2, 0.25) is 0 Å². The number of hydrogen-bond donors (Lipinski definition) is 2. The Bertz CT molecular complexity index is 596. The fourth-order valence-corrected chi connectivity index (χ4v) is 1.66. The molecule has 0 bridgehead atoms. The summed E-state index contributed by atoms with van der Waals surface area (Å²) >= 11 is 0. The van der Waals surface area contributed by atoms with Crippen LogP contribution >= 0.6 is 0 Å². The zero-order chi connectivity index (χ0) is 14.0. The van der Waals surface area contributed by atoms with E-state index in [0.29, 0.717) is 6.07 Å². The van der Waals surface area contributed by atoms with Gasteiger partial charge in [-0.25, -0.2) is 13.6 Å². The molecule has 0 saturated carbocycles. The molecule has 100 valence electrons. The van der Waals surface area contributed by atoms with E-state index in [9.17, 15) is 13.6 Å². The van der Waals surface area contributed by atoms with Gasteiger partial charge in [-0.1, -0.05) is 0 Å². The molecule has 0 spiro atoms. The maximum Gasteiger partial charge on any atom is 0.338 e. The Morgan fingerprint density at radius 2 is 2.11 bits per heavy atom. The van der Waals surface area contributed by atoms with Crippen LogP contribution in [0.15, 0.2) is 35.1 Å². The summed E-state index contributed by atoms with van der Waals surface area (Å²) < 4.78 is 31.7. The third-order valence-electron chi connectivity index (χ3n) is 2.70. The molecule has 1 aromatic heterocycles. The van der Waals surface area contributed by atoms with E-state index < -0.39 is 23.2 Å². The molecular formula is C13H11F2NO3. The van der Waals surface area contributed by atoms with Crippen molar-refractivity contribution in [1.82, 2.24) is 0 Å². The number of carboxylic acid groups (broad SMARTS) is 1. The van der Waals surface area contributed by atoms with Crippen molar-refractivity contribution in [3.8, 4) is 0 Å². The summed E-state index contributed by atoms with van der Waals surface area (Å²) in [5.41, 5.74) is 0.108. The van der Waals surface area contributed by atoms with Crippen LogP contribution in [-0.2, 0) is 0 Å². The number of carbonyl (C=O) groups is 1. The van der Waals surface area contributed by atoms with Crippen molar-refractivity contribution in [1.29, 1.82) is 0 Å². The number of benzene rings is 1. The van der Waals surface area contributed by atoms with Crippen molar-refractivity contribution in [2.45, 2.75) is 13.0 Å². The van der Waals surface area contributed by atoms with Crippen molar-refractivity contribution >= 4 is 11.7 Å². The van der Waals surface area contributed by atoms with Gasteiger partial charge in [-0.2, -0.15) is 0 Å². The van der Waals surface area contributed by atoms with Crippen molar-refractivity contribution in [2.75, 3.05) is 5.32 Å². The summed E-state index contributed by atoms with van der Waals surface area (Å²) in [6, 6.07) is 2.87. The molecule has 1 aromatic carbocycles. The second-order valence-corrected chi connectivity index (χ2v) is 4.04. The minimum atomic E-state index is -1.45. The molecule has 0 aliphatic rings. The van der Waals surface area contributed by atoms with Gasteiger partial charge in [-0.3, -0.25) is 0 Å². The fraction of sp³-hybridized carbons (Fsp3) is 0.154. The van der Waals surface area contributed by atoms with Crippen LogP contribution in [0.5, 0.6) is 0 Å². The summed E-state index contributed by atoms with van der Waals surface area (Å²) in [6.07, 6.45) is 2.95. The molecule has 0 amide bonds. The quantitative estimate of drug-likeness (QED) is 0.890. The summed E-state index contributed by atoms with van der Waals surface area (Å²) in [6.45, 7) is 1.74. The normalized spacial score (nSPS) is 12.2. The third-order valence-corrected chi connectivity index (χ3v) is 2.70. The third kappa shape index (κ3) is 2.73. The van der Waals surface area contributed by atoms with E-state index >= 15 is 0 Å². The van der Waals surface area contributed by atoms with E-state index in [0.717, 1.165) is 11.6 Å². The summed E-state index contributed by atoms with van der Waals surface area (Å²) in [7, 11) is 0. The topological polar surface area (TPSA) is 62.5 Å². The highest BCUT2D eigenvalue weighted by Gasteiger charge is 2.17.